The highest BCUT2D eigenvalue weighted by Crippen LogP contribution is 2.39. The largest absolute Gasteiger partial charge is 0.494 e. The van der Waals surface area contributed by atoms with E-state index in [0.29, 0.717) is 24.0 Å². The topological polar surface area (TPSA) is 41.5 Å². The van der Waals surface area contributed by atoms with E-state index in [0.717, 1.165) is 17.0 Å². The van der Waals surface area contributed by atoms with Crippen LogP contribution in [-0.2, 0) is 6.61 Å². The zero-order valence-corrected chi connectivity index (χ0v) is 13.8. The zero-order valence-electron chi connectivity index (χ0n) is 13.8. The molecular formula is C18H29NO2. The van der Waals surface area contributed by atoms with E-state index in [1.807, 2.05) is 19.1 Å². The van der Waals surface area contributed by atoms with Crippen molar-refractivity contribution in [2.24, 2.45) is 11.3 Å². The van der Waals surface area contributed by atoms with Crippen LogP contribution >= 0.6 is 0 Å². The maximum atomic E-state index is 9.49. The van der Waals surface area contributed by atoms with Gasteiger partial charge >= 0.3 is 0 Å². The third-order valence-corrected chi connectivity index (χ3v) is 4.58. The van der Waals surface area contributed by atoms with Gasteiger partial charge in [-0.05, 0) is 55.7 Å². The summed E-state index contributed by atoms with van der Waals surface area (Å²) in [5.41, 5.74) is 2.40. The van der Waals surface area contributed by atoms with Gasteiger partial charge in [-0.1, -0.05) is 20.8 Å². The predicted octanol–water partition coefficient (Wildman–Crippen LogP) is 4.20. The minimum Gasteiger partial charge on any atom is -0.494 e. The van der Waals surface area contributed by atoms with E-state index in [2.05, 4.69) is 32.2 Å². The first-order chi connectivity index (χ1) is 9.95. The van der Waals surface area contributed by atoms with Gasteiger partial charge in [0.2, 0.25) is 0 Å². The molecule has 2 atom stereocenters. The first-order valence-corrected chi connectivity index (χ1v) is 8.08. The Morgan fingerprint density at radius 2 is 2.14 bits per heavy atom. The lowest BCUT2D eigenvalue weighted by Gasteiger charge is -2.40. The van der Waals surface area contributed by atoms with Crippen LogP contribution in [0.25, 0.3) is 0 Å². The molecule has 1 aliphatic rings. The molecule has 1 aromatic carbocycles. The molecule has 0 aliphatic heterocycles. The molecule has 2 N–H and O–H groups in total. The SMILES string of the molecule is CCOc1ccc(NC2CCC(C)(C)CC2C)cc1CO. The Bertz CT molecular complexity index is 470. The summed E-state index contributed by atoms with van der Waals surface area (Å²) in [6.07, 6.45) is 3.73. The molecular weight excluding hydrogens is 262 g/mol. The number of aliphatic hydroxyl groups excluding tert-OH is 1. The molecule has 118 valence electrons. The van der Waals surface area contributed by atoms with Gasteiger partial charge < -0.3 is 15.2 Å². The summed E-state index contributed by atoms with van der Waals surface area (Å²) in [5, 5.41) is 13.1. The zero-order chi connectivity index (χ0) is 15.5. The quantitative estimate of drug-likeness (QED) is 0.854. The van der Waals surface area contributed by atoms with E-state index in [1.165, 1.54) is 19.3 Å². The van der Waals surface area contributed by atoms with Gasteiger partial charge in [-0.2, -0.15) is 0 Å². The average molecular weight is 291 g/mol. The number of rotatable bonds is 5. The van der Waals surface area contributed by atoms with Gasteiger partial charge in [0.25, 0.3) is 0 Å². The van der Waals surface area contributed by atoms with E-state index >= 15 is 0 Å². The summed E-state index contributed by atoms with van der Waals surface area (Å²) in [5.74, 6) is 1.45. The van der Waals surface area contributed by atoms with E-state index in [-0.39, 0.29) is 6.61 Å². The van der Waals surface area contributed by atoms with Crippen LogP contribution in [0.2, 0.25) is 0 Å². The van der Waals surface area contributed by atoms with E-state index in [1.54, 1.807) is 0 Å². The first kappa shape index (κ1) is 16.2. The molecule has 2 unspecified atom stereocenters. The Morgan fingerprint density at radius 3 is 2.76 bits per heavy atom. The maximum Gasteiger partial charge on any atom is 0.124 e. The normalized spacial score (nSPS) is 24.6. The van der Waals surface area contributed by atoms with Crippen molar-refractivity contribution < 1.29 is 9.84 Å². The van der Waals surface area contributed by atoms with Gasteiger partial charge in [0.15, 0.2) is 0 Å². The highest BCUT2D eigenvalue weighted by molar-refractivity contribution is 5.51. The van der Waals surface area contributed by atoms with E-state index in [9.17, 15) is 5.11 Å². The second kappa shape index (κ2) is 6.69. The van der Waals surface area contributed by atoms with E-state index < -0.39 is 0 Å². The van der Waals surface area contributed by atoms with Crippen LogP contribution in [0, 0.1) is 11.3 Å². The molecule has 3 heteroatoms. The van der Waals surface area contributed by atoms with Crippen molar-refractivity contribution in [2.45, 2.75) is 59.6 Å². The Balaban J connectivity index is 2.06. The lowest BCUT2D eigenvalue weighted by atomic mass is 9.70. The molecule has 0 radical (unpaired) electrons. The standard InChI is InChI=1S/C18H29NO2/c1-5-21-17-7-6-15(10-14(17)12-20)19-16-8-9-18(3,4)11-13(16)2/h6-7,10,13,16,19-20H,5,8-9,11-12H2,1-4H3. The minimum atomic E-state index is 0.0120. The lowest BCUT2D eigenvalue weighted by molar-refractivity contribution is 0.177. The number of benzene rings is 1. The van der Waals surface area contributed by atoms with Crippen molar-refractivity contribution in [1.82, 2.24) is 0 Å². The van der Waals surface area contributed by atoms with Crippen molar-refractivity contribution >= 4 is 5.69 Å². The predicted molar refractivity (Wildman–Crippen MR) is 87.7 cm³/mol. The molecule has 1 aromatic rings. The van der Waals surface area contributed by atoms with Crippen molar-refractivity contribution in [1.29, 1.82) is 0 Å². The van der Waals surface area contributed by atoms with Gasteiger partial charge in [0.05, 0.1) is 13.2 Å². The fourth-order valence-corrected chi connectivity index (χ4v) is 3.46. The number of aliphatic hydroxyl groups is 1. The summed E-state index contributed by atoms with van der Waals surface area (Å²) >= 11 is 0. The summed E-state index contributed by atoms with van der Waals surface area (Å²) in [6, 6.07) is 6.53. The van der Waals surface area contributed by atoms with Crippen molar-refractivity contribution in [3.63, 3.8) is 0 Å². The summed E-state index contributed by atoms with van der Waals surface area (Å²) in [6.45, 7) is 9.65. The number of ether oxygens (including phenoxy) is 1. The van der Waals surface area contributed by atoms with E-state index in [4.69, 9.17) is 4.74 Å². The molecule has 0 saturated heterocycles. The average Bonchev–Trinajstić information content (AvgIpc) is 2.43. The van der Waals surface area contributed by atoms with Gasteiger partial charge in [0, 0.05) is 17.3 Å². The van der Waals surface area contributed by atoms with Gasteiger partial charge in [-0.3, -0.25) is 0 Å². The van der Waals surface area contributed by atoms with Crippen LogP contribution in [0.1, 0.15) is 52.5 Å². The molecule has 0 bridgehead atoms. The fourth-order valence-electron chi connectivity index (χ4n) is 3.46. The van der Waals surface area contributed by atoms with Crippen LogP contribution < -0.4 is 10.1 Å². The number of nitrogens with one attached hydrogen (secondary N) is 1. The second-order valence-electron chi connectivity index (χ2n) is 7.05. The monoisotopic (exact) mass is 291 g/mol. The number of hydrogen-bond donors (Lipinski definition) is 2. The summed E-state index contributed by atoms with van der Waals surface area (Å²) in [4.78, 5) is 0. The molecule has 1 fully saturated rings. The first-order valence-electron chi connectivity index (χ1n) is 8.08. The van der Waals surface area contributed by atoms with Crippen molar-refractivity contribution in [2.75, 3.05) is 11.9 Å². The Kier molecular flexibility index (Phi) is 5.15. The molecule has 21 heavy (non-hydrogen) atoms. The molecule has 0 aromatic heterocycles. The number of anilines is 1. The third kappa shape index (κ3) is 4.13. The molecule has 2 rings (SSSR count). The summed E-state index contributed by atoms with van der Waals surface area (Å²) < 4.78 is 5.53. The highest BCUT2D eigenvalue weighted by Gasteiger charge is 2.32. The van der Waals surface area contributed by atoms with Crippen LogP contribution in [0.5, 0.6) is 5.75 Å². The van der Waals surface area contributed by atoms with Crippen molar-refractivity contribution in [3.8, 4) is 5.75 Å². The molecule has 0 amide bonds. The van der Waals surface area contributed by atoms with Crippen LogP contribution in [0.15, 0.2) is 18.2 Å². The fraction of sp³-hybridized carbons (Fsp3) is 0.667. The Morgan fingerprint density at radius 1 is 1.38 bits per heavy atom. The lowest BCUT2D eigenvalue weighted by Crippen LogP contribution is -2.36. The Hall–Kier alpha value is -1.22. The third-order valence-electron chi connectivity index (χ3n) is 4.58. The number of hydrogen-bond acceptors (Lipinski definition) is 3. The Labute approximate surface area is 128 Å². The van der Waals surface area contributed by atoms with Crippen molar-refractivity contribution in [3.05, 3.63) is 23.8 Å². The molecule has 0 heterocycles. The smallest absolute Gasteiger partial charge is 0.124 e. The molecule has 1 saturated carbocycles. The van der Waals surface area contributed by atoms with Gasteiger partial charge in [-0.15, -0.1) is 0 Å². The van der Waals surface area contributed by atoms with Crippen LogP contribution in [-0.4, -0.2) is 17.8 Å². The van der Waals surface area contributed by atoms with Gasteiger partial charge in [0.1, 0.15) is 5.75 Å². The van der Waals surface area contributed by atoms with Gasteiger partial charge in [-0.25, -0.2) is 0 Å². The molecule has 1 aliphatic carbocycles. The minimum absolute atomic E-state index is 0.0120. The molecule has 3 nitrogen and oxygen atoms in total. The highest BCUT2D eigenvalue weighted by atomic mass is 16.5. The summed E-state index contributed by atoms with van der Waals surface area (Å²) in [7, 11) is 0. The van der Waals surface area contributed by atoms with Crippen LogP contribution in [0.3, 0.4) is 0 Å². The maximum absolute atomic E-state index is 9.49. The van der Waals surface area contributed by atoms with Crippen LogP contribution in [0.4, 0.5) is 5.69 Å². The second-order valence-corrected chi connectivity index (χ2v) is 7.05. The molecule has 0 spiro atoms.